The summed E-state index contributed by atoms with van der Waals surface area (Å²) in [5, 5.41) is 11.1. The van der Waals surface area contributed by atoms with Gasteiger partial charge in [-0.1, -0.05) is 11.3 Å². The highest BCUT2D eigenvalue weighted by Crippen LogP contribution is 2.16. The van der Waals surface area contributed by atoms with E-state index in [1.165, 1.54) is 22.9 Å². The Kier molecular flexibility index (Phi) is 7.56. The number of nitrogens with one attached hydrogen (secondary N) is 1. The van der Waals surface area contributed by atoms with Gasteiger partial charge in [-0.3, -0.25) is 0 Å². The minimum atomic E-state index is -4.73. The predicted molar refractivity (Wildman–Crippen MR) is 85.4 cm³/mol. The van der Waals surface area contributed by atoms with Gasteiger partial charge in [0.1, 0.15) is 4.90 Å². The van der Waals surface area contributed by atoms with Crippen LogP contribution in [0.15, 0.2) is 35.4 Å². The fraction of sp³-hybridized carbons (Fsp3) is 0.385. The molecule has 0 amide bonds. The minimum Gasteiger partial charge on any atom is -0.383 e. The molecule has 10 heteroatoms. The van der Waals surface area contributed by atoms with Crippen LogP contribution in [-0.2, 0) is 21.4 Å². The van der Waals surface area contributed by atoms with Gasteiger partial charge in [0.15, 0.2) is 0 Å². The van der Waals surface area contributed by atoms with Crippen molar-refractivity contribution >= 4 is 22.6 Å². The van der Waals surface area contributed by atoms with Crippen LogP contribution in [-0.4, -0.2) is 50.2 Å². The number of hydrogen-bond donors (Lipinski definition) is 1. The van der Waals surface area contributed by atoms with Gasteiger partial charge in [0.05, 0.1) is 24.2 Å². The van der Waals surface area contributed by atoms with Gasteiger partial charge in [-0.15, -0.1) is 21.4 Å². The number of hydrogen-bond acceptors (Lipinski definition) is 6. The number of aromatic nitrogens is 3. The molecule has 23 heavy (non-hydrogen) atoms. The number of benzene rings is 1. The summed E-state index contributed by atoms with van der Waals surface area (Å²) in [7, 11) is -3.10. The molecule has 0 radical (unpaired) electrons. The molecule has 1 aromatic carbocycles. The zero-order valence-electron chi connectivity index (χ0n) is 12.5. The van der Waals surface area contributed by atoms with Gasteiger partial charge in [-0.2, -0.15) is 8.42 Å². The highest BCUT2D eigenvalue weighted by atomic mass is 35.5. The maximum Gasteiger partial charge on any atom is 0.332 e. The number of nitrogens with zero attached hydrogens (tertiary/aromatic N) is 3. The summed E-state index contributed by atoms with van der Waals surface area (Å²) in [6.45, 7) is 2.11. The molecule has 0 aliphatic heterocycles. The molecule has 128 valence electrons. The average molecular weight is 365 g/mol. The van der Waals surface area contributed by atoms with E-state index in [1.807, 2.05) is 0 Å². The lowest BCUT2D eigenvalue weighted by atomic mass is 10.3. The first-order valence-corrected chi connectivity index (χ1v) is 8.05. The Balaban J connectivity index is 0.00000264. The maximum atomic E-state index is 13.0. The third kappa shape index (κ3) is 5.87. The highest BCUT2D eigenvalue weighted by molar-refractivity contribution is 7.86. The van der Waals surface area contributed by atoms with Crippen LogP contribution in [0.1, 0.15) is 5.69 Å². The van der Waals surface area contributed by atoms with Crippen molar-refractivity contribution in [1.29, 1.82) is 0 Å². The number of ether oxygens (including phenoxy) is 1. The molecule has 1 heterocycles. The van der Waals surface area contributed by atoms with E-state index >= 15 is 0 Å². The van der Waals surface area contributed by atoms with Gasteiger partial charge in [0.2, 0.25) is 0 Å². The van der Waals surface area contributed by atoms with Crippen LogP contribution < -0.4 is 5.32 Å². The molecule has 0 fully saturated rings. The fourth-order valence-electron chi connectivity index (χ4n) is 1.83. The van der Waals surface area contributed by atoms with Gasteiger partial charge in [-0.25, -0.2) is 4.68 Å². The van der Waals surface area contributed by atoms with E-state index in [4.69, 9.17) is 4.74 Å². The van der Waals surface area contributed by atoms with E-state index in [0.29, 0.717) is 18.7 Å². The van der Waals surface area contributed by atoms with Crippen molar-refractivity contribution in [3.63, 3.8) is 0 Å². The smallest absolute Gasteiger partial charge is 0.332 e. The molecule has 2 aromatic rings. The van der Waals surface area contributed by atoms with Crippen LogP contribution >= 0.6 is 12.4 Å². The van der Waals surface area contributed by atoms with Gasteiger partial charge >= 0.3 is 10.2 Å². The molecule has 0 aliphatic carbocycles. The summed E-state index contributed by atoms with van der Waals surface area (Å²) in [6.07, 6.45) is 2.35. The molecule has 0 aliphatic rings. The molecule has 7 nitrogen and oxygen atoms in total. The lowest BCUT2D eigenvalue weighted by molar-refractivity contribution is 0.199. The summed E-state index contributed by atoms with van der Waals surface area (Å²) in [6, 6.07) is 5.49. The first-order valence-electron chi connectivity index (χ1n) is 6.66. The van der Waals surface area contributed by atoms with E-state index < -0.39 is 15.1 Å². The van der Waals surface area contributed by atoms with E-state index in [1.54, 1.807) is 19.4 Å². The van der Waals surface area contributed by atoms with Crippen molar-refractivity contribution in [2.45, 2.75) is 11.3 Å². The van der Waals surface area contributed by atoms with Crippen molar-refractivity contribution < 1.29 is 17.0 Å². The third-order valence-electron chi connectivity index (χ3n) is 2.95. The fourth-order valence-corrected chi connectivity index (χ4v) is 2.34. The second kappa shape index (κ2) is 8.92. The normalized spacial score (nSPS) is 11.2. The van der Waals surface area contributed by atoms with Gasteiger partial charge < -0.3 is 10.1 Å². The first kappa shape index (κ1) is 19.5. The first-order chi connectivity index (χ1) is 10.5. The molecule has 0 unspecified atom stereocenters. The predicted octanol–water partition coefficient (Wildman–Crippen LogP) is 1.13. The van der Waals surface area contributed by atoms with Crippen LogP contribution in [0.25, 0.3) is 5.69 Å². The van der Waals surface area contributed by atoms with Crippen molar-refractivity contribution in [2.24, 2.45) is 0 Å². The Morgan fingerprint density at radius 1 is 1.35 bits per heavy atom. The Morgan fingerprint density at radius 2 is 2.13 bits per heavy atom. The molecule has 1 aromatic heterocycles. The molecule has 0 spiro atoms. The standard InChI is InChI=1S/C13H17FN4O3S.ClH/c1-21-8-7-15-6-5-11-10-18(17-16-11)12-3-2-4-13(9-12)22(14,19)20;/h2-4,9-10,15H,5-8H2,1H3;1H. The minimum absolute atomic E-state index is 0. The molecule has 1 N–H and O–H groups in total. The van der Waals surface area contributed by atoms with Crippen LogP contribution in [0.4, 0.5) is 3.89 Å². The molecule has 0 saturated carbocycles. The van der Waals surface area contributed by atoms with E-state index in [-0.39, 0.29) is 12.4 Å². The average Bonchev–Trinajstić information content (AvgIpc) is 2.95. The van der Waals surface area contributed by atoms with Gasteiger partial charge in [0.25, 0.3) is 0 Å². The molecular weight excluding hydrogens is 347 g/mol. The Hall–Kier alpha value is -1.55. The number of rotatable bonds is 8. The van der Waals surface area contributed by atoms with Crippen LogP contribution in [0.3, 0.4) is 0 Å². The summed E-state index contributed by atoms with van der Waals surface area (Å²) in [4.78, 5) is -0.400. The topological polar surface area (TPSA) is 86.1 Å². The summed E-state index contributed by atoms with van der Waals surface area (Å²) in [5.74, 6) is 0. The quantitative estimate of drug-likeness (QED) is 0.558. The second-order valence-corrected chi connectivity index (χ2v) is 5.93. The highest BCUT2D eigenvalue weighted by Gasteiger charge is 2.13. The Labute approximate surface area is 140 Å². The molecular formula is C13H18ClFN4O3S. The summed E-state index contributed by atoms with van der Waals surface area (Å²) < 4.78 is 41.2. The lowest BCUT2D eigenvalue weighted by Gasteiger charge is -2.02. The zero-order valence-corrected chi connectivity index (χ0v) is 14.1. The lowest BCUT2D eigenvalue weighted by Crippen LogP contribution is -2.21. The largest absolute Gasteiger partial charge is 0.383 e. The van der Waals surface area contributed by atoms with Crippen LogP contribution in [0.2, 0.25) is 0 Å². The molecule has 0 atom stereocenters. The summed E-state index contributed by atoms with van der Waals surface area (Å²) in [5.41, 5.74) is 1.18. The van der Waals surface area contributed by atoms with Crippen molar-refractivity contribution in [2.75, 3.05) is 26.8 Å². The Morgan fingerprint density at radius 3 is 2.83 bits per heavy atom. The number of methoxy groups -OCH3 is 1. The van der Waals surface area contributed by atoms with E-state index in [0.717, 1.165) is 18.8 Å². The van der Waals surface area contributed by atoms with E-state index in [9.17, 15) is 12.3 Å². The van der Waals surface area contributed by atoms with E-state index in [2.05, 4.69) is 15.6 Å². The summed E-state index contributed by atoms with van der Waals surface area (Å²) >= 11 is 0. The third-order valence-corrected chi connectivity index (χ3v) is 3.76. The molecule has 0 bridgehead atoms. The van der Waals surface area contributed by atoms with Crippen molar-refractivity contribution in [3.05, 3.63) is 36.2 Å². The molecule has 2 rings (SSSR count). The van der Waals surface area contributed by atoms with Crippen LogP contribution in [0.5, 0.6) is 0 Å². The van der Waals surface area contributed by atoms with Crippen LogP contribution in [0, 0.1) is 0 Å². The van der Waals surface area contributed by atoms with Gasteiger partial charge in [-0.05, 0) is 18.2 Å². The monoisotopic (exact) mass is 364 g/mol. The SMILES string of the molecule is COCCNCCc1cn(-c2cccc(S(=O)(=O)F)c2)nn1.Cl. The molecule has 0 saturated heterocycles. The van der Waals surface area contributed by atoms with Crippen molar-refractivity contribution in [1.82, 2.24) is 20.3 Å². The zero-order chi connectivity index (χ0) is 16.0. The number of halogens is 2. The second-order valence-electron chi connectivity index (χ2n) is 4.58. The maximum absolute atomic E-state index is 13.0. The van der Waals surface area contributed by atoms with Gasteiger partial charge in [0, 0.05) is 26.6 Å². The van der Waals surface area contributed by atoms with Crippen molar-refractivity contribution in [3.8, 4) is 5.69 Å². The Bertz CT molecular complexity index is 724.